The molecule has 2 N–H and O–H groups in total. The number of halogens is 3. The van der Waals surface area contributed by atoms with Crippen molar-refractivity contribution in [1.82, 2.24) is 0 Å². The van der Waals surface area contributed by atoms with Crippen molar-refractivity contribution in [2.75, 3.05) is 26.4 Å². The molecule has 0 fully saturated rings. The van der Waals surface area contributed by atoms with E-state index in [0.717, 1.165) is 27.8 Å². The summed E-state index contributed by atoms with van der Waals surface area (Å²) in [6.45, 7) is 8.17. The lowest BCUT2D eigenvalue weighted by molar-refractivity contribution is -0.135. The smallest absolute Gasteiger partial charge is 0.389 e. The fraction of sp³-hybridized carbons (Fsp3) is 0.314. The van der Waals surface area contributed by atoms with E-state index in [0.29, 0.717) is 61.5 Å². The molecule has 0 saturated carbocycles. The fourth-order valence-electron chi connectivity index (χ4n) is 3.99. The predicted octanol–water partition coefficient (Wildman–Crippen LogP) is 7.66. The molecule has 0 saturated heterocycles. The molecule has 42 heavy (non-hydrogen) atoms. The molecule has 222 valence electrons. The zero-order chi connectivity index (χ0) is 30.4. The number of aliphatic hydroxyl groups is 2. The number of rotatable bonds is 15. The molecule has 4 nitrogen and oxygen atoms in total. The summed E-state index contributed by atoms with van der Waals surface area (Å²) in [5.41, 5.74) is 5.90. The van der Waals surface area contributed by atoms with E-state index in [1.165, 1.54) is 0 Å². The average Bonchev–Trinajstić information content (AvgIpc) is 2.98. The maximum absolute atomic E-state index is 12.3. The van der Waals surface area contributed by atoms with Crippen LogP contribution >= 0.6 is 0 Å². The van der Waals surface area contributed by atoms with Crippen LogP contribution in [0.5, 0.6) is 11.5 Å². The second-order valence-electron chi connectivity index (χ2n) is 10.1. The highest BCUT2D eigenvalue weighted by molar-refractivity contribution is 5.68. The Labute approximate surface area is 246 Å². The fourth-order valence-corrected chi connectivity index (χ4v) is 3.99. The summed E-state index contributed by atoms with van der Waals surface area (Å²) in [6, 6.07) is 21.1. The van der Waals surface area contributed by atoms with Crippen LogP contribution < -0.4 is 9.47 Å². The van der Waals surface area contributed by atoms with E-state index < -0.39 is 12.6 Å². The number of hydrogen-bond acceptors (Lipinski definition) is 4. The van der Waals surface area contributed by atoms with Gasteiger partial charge in [0.05, 0.1) is 26.4 Å². The van der Waals surface area contributed by atoms with E-state index in [9.17, 15) is 23.4 Å². The van der Waals surface area contributed by atoms with Crippen LogP contribution in [0.4, 0.5) is 13.2 Å². The number of benzene rings is 3. The summed E-state index contributed by atoms with van der Waals surface area (Å²) in [6.07, 6.45) is -2.53. The number of ether oxygens (including phenoxy) is 2. The zero-order valence-electron chi connectivity index (χ0n) is 23.7. The lowest BCUT2D eigenvalue weighted by Crippen LogP contribution is -2.06. The van der Waals surface area contributed by atoms with Crippen LogP contribution in [0.2, 0.25) is 0 Å². The Bertz CT molecular complexity index is 1320. The molecule has 0 radical (unpaired) electrons. The van der Waals surface area contributed by atoms with Crippen molar-refractivity contribution >= 4 is 0 Å². The van der Waals surface area contributed by atoms with Gasteiger partial charge in [-0.3, -0.25) is 0 Å². The van der Waals surface area contributed by atoms with Crippen LogP contribution in [-0.4, -0.2) is 42.8 Å². The monoisotopic (exact) mass is 578 g/mol. The Balaban J connectivity index is 1.66. The number of hydrogen-bond donors (Lipinski definition) is 2. The molecule has 0 unspecified atom stereocenters. The lowest BCUT2D eigenvalue weighted by Gasteiger charge is -2.13. The van der Waals surface area contributed by atoms with Gasteiger partial charge < -0.3 is 19.7 Å². The van der Waals surface area contributed by atoms with Gasteiger partial charge in [0, 0.05) is 36.5 Å². The molecule has 0 atom stereocenters. The van der Waals surface area contributed by atoms with Gasteiger partial charge in [0.25, 0.3) is 0 Å². The number of alkyl halides is 3. The largest absolute Gasteiger partial charge is 0.493 e. The Kier molecular flexibility index (Phi) is 12.7. The van der Waals surface area contributed by atoms with Crippen molar-refractivity contribution in [1.29, 1.82) is 0 Å². The minimum absolute atomic E-state index is 0.0819. The van der Waals surface area contributed by atoms with Crippen LogP contribution in [0.3, 0.4) is 0 Å². The van der Waals surface area contributed by atoms with Crippen LogP contribution in [-0.2, 0) is 6.42 Å². The standard InChI is InChI=1S/C35H37F3O4/c1-26(24-39)16-19-41-33-21-32(22-34(23-33)42-20-17-27(2)25-40)31-14-12-30(13-15-31)11-10-29-8-6-28(7-9-29)5-3-4-18-35(36,37)38/h6-9,12-15,21-23,39-40H,1-5,16-20,24-25H2. The molecule has 0 heterocycles. The second kappa shape index (κ2) is 16.5. The molecule has 0 aromatic heterocycles. The van der Waals surface area contributed by atoms with Gasteiger partial charge in [0.15, 0.2) is 0 Å². The molecule has 0 amide bonds. The molecule has 0 aliphatic heterocycles. The molecule has 0 aliphatic rings. The first-order valence-corrected chi connectivity index (χ1v) is 13.9. The molecular weight excluding hydrogens is 541 g/mol. The first kappa shape index (κ1) is 32.5. The van der Waals surface area contributed by atoms with Gasteiger partial charge in [-0.1, -0.05) is 49.3 Å². The summed E-state index contributed by atoms with van der Waals surface area (Å²) in [5, 5.41) is 18.4. The third-order valence-electron chi connectivity index (χ3n) is 6.47. The first-order valence-electron chi connectivity index (χ1n) is 13.9. The molecular formula is C35H37F3O4. The number of aliphatic hydroxyl groups excluding tert-OH is 2. The lowest BCUT2D eigenvalue weighted by atomic mass is 10.0. The Hall–Kier alpha value is -3.99. The van der Waals surface area contributed by atoms with E-state index >= 15 is 0 Å². The summed E-state index contributed by atoms with van der Waals surface area (Å²) >= 11 is 0. The summed E-state index contributed by atoms with van der Waals surface area (Å²) < 4.78 is 48.7. The van der Waals surface area contributed by atoms with Crippen molar-refractivity contribution in [3.8, 4) is 34.5 Å². The van der Waals surface area contributed by atoms with E-state index in [2.05, 4.69) is 25.0 Å². The maximum Gasteiger partial charge on any atom is 0.389 e. The van der Waals surface area contributed by atoms with Gasteiger partial charge >= 0.3 is 6.18 Å². The normalized spacial score (nSPS) is 11.0. The number of unbranched alkanes of at least 4 members (excludes halogenated alkanes) is 1. The minimum atomic E-state index is -4.10. The van der Waals surface area contributed by atoms with Crippen LogP contribution in [0.1, 0.15) is 48.8 Å². The highest BCUT2D eigenvalue weighted by Crippen LogP contribution is 2.31. The highest BCUT2D eigenvalue weighted by atomic mass is 19.4. The molecule has 3 aromatic rings. The third-order valence-corrected chi connectivity index (χ3v) is 6.47. The third kappa shape index (κ3) is 11.9. The van der Waals surface area contributed by atoms with Crippen molar-refractivity contribution in [2.45, 2.75) is 44.7 Å². The molecule has 0 spiro atoms. The highest BCUT2D eigenvalue weighted by Gasteiger charge is 2.25. The second-order valence-corrected chi connectivity index (χ2v) is 10.1. The minimum Gasteiger partial charge on any atom is -0.493 e. The predicted molar refractivity (Wildman–Crippen MR) is 161 cm³/mol. The van der Waals surface area contributed by atoms with E-state index in [1.807, 2.05) is 60.7 Å². The molecule has 0 bridgehead atoms. The van der Waals surface area contributed by atoms with Crippen LogP contribution in [0, 0.1) is 11.8 Å². The van der Waals surface area contributed by atoms with Crippen molar-refractivity contribution < 1.29 is 32.9 Å². The van der Waals surface area contributed by atoms with E-state index in [-0.39, 0.29) is 19.6 Å². The molecule has 0 aliphatic carbocycles. The van der Waals surface area contributed by atoms with Crippen molar-refractivity contribution in [2.24, 2.45) is 0 Å². The van der Waals surface area contributed by atoms with Crippen LogP contribution in [0.25, 0.3) is 11.1 Å². The van der Waals surface area contributed by atoms with Gasteiger partial charge in [-0.25, -0.2) is 0 Å². The van der Waals surface area contributed by atoms with Gasteiger partial charge in [0.2, 0.25) is 0 Å². The van der Waals surface area contributed by atoms with E-state index in [1.54, 1.807) is 6.07 Å². The van der Waals surface area contributed by atoms with Crippen LogP contribution in [0.15, 0.2) is 91.0 Å². The Morgan fingerprint density at radius 1 is 0.690 bits per heavy atom. The Morgan fingerprint density at radius 2 is 1.19 bits per heavy atom. The number of aryl methyl sites for hydroxylation is 1. The molecule has 7 heteroatoms. The average molecular weight is 579 g/mol. The SMILES string of the molecule is C=C(CO)CCOc1cc(OCCC(=C)CO)cc(-c2ccc(C#Cc3ccc(CCCCC(F)(F)F)cc3)cc2)c1. The van der Waals surface area contributed by atoms with Crippen molar-refractivity contribution in [3.63, 3.8) is 0 Å². The van der Waals surface area contributed by atoms with Gasteiger partial charge in [0.1, 0.15) is 11.5 Å². The summed E-state index contributed by atoms with van der Waals surface area (Å²) in [4.78, 5) is 0. The summed E-state index contributed by atoms with van der Waals surface area (Å²) in [7, 11) is 0. The van der Waals surface area contributed by atoms with Gasteiger partial charge in [-0.05, 0) is 83.5 Å². The summed E-state index contributed by atoms with van der Waals surface area (Å²) in [5.74, 6) is 7.55. The first-order chi connectivity index (χ1) is 20.1. The quantitative estimate of drug-likeness (QED) is 0.110. The van der Waals surface area contributed by atoms with Crippen molar-refractivity contribution in [3.05, 3.63) is 108 Å². The van der Waals surface area contributed by atoms with E-state index in [4.69, 9.17) is 9.47 Å². The van der Waals surface area contributed by atoms with Gasteiger partial charge in [-0.15, -0.1) is 0 Å². The molecule has 3 rings (SSSR count). The van der Waals surface area contributed by atoms with Gasteiger partial charge in [-0.2, -0.15) is 13.2 Å². The topological polar surface area (TPSA) is 58.9 Å². The Morgan fingerprint density at radius 3 is 1.67 bits per heavy atom. The molecule has 3 aromatic carbocycles. The zero-order valence-corrected chi connectivity index (χ0v) is 23.7. The maximum atomic E-state index is 12.3.